The zero-order chi connectivity index (χ0) is 21.9. The Morgan fingerprint density at radius 3 is 2.63 bits per heavy atom. The third-order valence-electron chi connectivity index (χ3n) is 3.90. The summed E-state index contributed by atoms with van der Waals surface area (Å²) in [5.41, 5.74) is 0.763. The predicted octanol–water partition coefficient (Wildman–Crippen LogP) is 4.49. The van der Waals surface area contributed by atoms with Crippen LogP contribution in [-0.2, 0) is 14.3 Å². The van der Waals surface area contributed by atoms with Crippen molar-refractivity contribution in [3.8, 4) is 11.8 Å². The molecule has 0 N–H and O–H groups in total. The molecule has 0 unspecified atom stereocenters. The van der Waals surface area contributed by atoms with E-state index in [0.717, 1.165) is 6.08 Å². The second-order valence-electron chi connectivity index (χ2n) is 5.99. The number of rotatable bonds is 9. The van der Waals surface area contributed by atoms with Crippen LogP contribution in [-0.4, -0.2) is 31.6 Å². The van der Waals surface area contributed by atoms with E-state index < -0.39 is 24.3 Å². The number of amides is 1. The van der Waals surface area contributed by atoms with Crippen molar-refractivity contribution in [1.82, 2.24) is 0 Å². The van der Waals surface area contributed by atoms with E-state index in [1.807, 2.05) is 13.0 Å². The molecule has 0 aliphatic carbocycles. The van der Waals surface area contributed by atoms with Gasteiger partial charge in [0, 0.05) is 28.3 Å². The number of nitrogens with zero attached hydrogens (tertiary/aromatic N) is 2. The van der Waals surface area contributed by atoms with Gasteiger partial charge in [0.2, 0.25) is 0 Å². The number of esters is 1. The van der Waals surface area contributed by atoms with Crippen molar-refractivity contribution < 1.29 is 23.5 Å². The number of anilines is 1. The fourth-order valence-electron chi connectivity index (χ4n) is 2.51. The largest absolute Gasteiger partial charge is 0.494 e. The van der Waals surface area contributed by atoms with Crippen molar-refractivity contribution in [3.63, 3.8) is 0 Å². The number of nitriles is 1. The molecule has 6 nitrogen and oxygen atoms in total. The minimum Gasteiger partial charge on any atom is -0.494 e. The molecule has 0 aliphatic rings. The number of hydrogen-bond acceptors (Lipinski definition) is 5. The monoisotopic (exact) mass is 474 g/mol. The van der Waals surface area contributed by atoms with Gasteiger partial charge in [0.1, 0.15) is 11.6 Å². The summed E-state index contributed by atoms with van der Waals surface area (Å²) in [5.74, 6) is -1.10. The van der Waals surface area contributed by atoms with E-state index in [1.54, 1.807) is 30.3 Å². The Bertz CT molecular complexity index is 955. The minimum absolute atomic E-state index is 0.120. The van der Waals surface area contributed by atoms with Crippen LogP contribution in [0.25, 0.3) is 6.08 Å². The Kier molecular flexibility index (Phi) is 9.03. The molecule has 2 aromatic rings. The highest BCUT2D eigenvalue weighted by Crippen LogP contribution is 2.20. The molecule has 0 fully saturated rings. The maximum atomic E-state index is 13.7. The van der Waals surface area contributed by atoms with E-state index >= 15 is 0 Å². The minimum atomic E-state index is -0.783. The van der Waals surface area contributed by atoms with Crippen LogP contribution >= 0.6 is 15.9 Å². The van der Waals surface area contributed by atoms with Crippen LogP contribution in [0.2, 0.25) is 0 Å². The molecule has 0 spiro atoms. The van der Waals surface area contributed by atoms with Crippen molar-refractivity contribution in [2.24, 2.45) is 0 Å². The lowest BCUT2D eigenvalue weighted by Gasteiger charge is -2.21. The van der Waals surface area contributed by atoms with Gasteiger partial charge in [-0.3, -0.25) is 4.79 Å². The first kappa shape index (κ1) is 23.1. The van der Waals surface area contributed by atoms with Gasteiger partial charge >= 0.3 is 5.97 Å². The Labute approximate surface area is 182 Å². The van der Waals surface area contributed by atoms with E-state index in [-0.39, 0.29) is 18.5 Å². The zero-order valence-electron chi connectivity index (χ0n) is 16.3. The zero-order valence-corrected chi connectivity index (χ0v) is 17.9. The van der Waals surface area contributed by atoms with Gasteiger partial charge in [0.05, 0.1) is 19.1 Å². The molecule has 0 atom stereocenters. The van der Waals surface area contributed by atoms with Crippen molar-refractivity contribution in [1.29, 1.82) is 5.26 Å². The van der Waals surface area contributed by atoms with E-state index in [0.29, 0.717) is 22.5 Å². The third-order valence-corrected chi connectivity index (χ3v) is 4.40. The van der Waals surface area contributed by atoms with Gasteiger partial charge in [-0.05, 0) is 55.5 Å². The molecule has 0 bridgehead atoms. The average molecular weight is 475 g/mol. The Morgan fingerprint density at radius 1 is 1.23 bits per heavy atom. The standard InChI is InChI=1S/C22H20BrFN2O4/c1-2-29-19-8-6-18(7-9-19)26(13-3-12-25)21(27)15-30-22(28)11-4-16-14-17(23)5-10-20(16)24/h4-11,14H,2-3,13,15H2,1H3/b11-4+. The third kappa shape index (κ3) is 7.01. The van der Waals surface area contributed by atoms with Gasteiger partial charge in [-0.2, -0.15) is 5.26 Å². The molecule has 0 aromatic heterocycles. The second kappa shape index (κ2) is 11.7. The van der Waals surface area contributed by atoms with Gasteiger partial charge in [-0.25, -0.2) is 9.18 Å². The Balaban J connectivity index is 2.01. The molecule has 8 heteroatoms. The predicted molar refractivity (Wildman–Crippen MR) is 114 cm³/mol. The summed E-state index contributed by atoms with van der Waals surface area (Å²) in [6, 6.07) is 13.1. The fraction of sp³-hybridized carbons (Fsp3) is 0.227. The highest BCUT2D eigenvalue weighted by molar-refractivity contribution is 9.10. The van der Waals surface area contributed by atoms with Crippen LogP contribution in [0, 0.1) is 17.1 Å². The second-order valence-corrected chi connectivity index (χ2v) is 6.90. The number of halogens is 2. The summed E-state index contributed by atoms with van der Waals surface area (Å²) in [5, 5.41) is 8.86. The highest BCUT2D eigenvalue weighted by atomic mass is 79.9. The quantitative estimate of drug-likeness (QED) is 0.395. The molecule has 2 aromatic carbocycles. The van der Waals surface area contributed by atoms with Crippen molar-refractivity contribution in [3.05, 3.63) is 64.4 Å². The van der Waals surface area contributed by atoms with Crippen molar-refractivity contribution in [2.75, 3.05) is 24.7 Å². The first-order chi connectivity index (χ1) is 14.4. The van der Waals surface area contributed by atoms with Gasteiger partial charge in [0.15, 0.2) is 6.61 Å². The maximum Gasteiger partial charge on any atom is 0.331 e. The molecule has 30 heavy (non-hydrogen) atoms. The first-order valence-corrected chi connectivity index (χ1v) is 9.94. The van der Waals surface area contributed by atoms with E-state index in [2.05, 4.69) is 15.9 Å². The molecule has 156 valence electrons. The molecule has 0 aliphatic heterocycles. The summed E-state index contributed by atoms with van der Waals surface area (Å²) in [4.78, 5) is 25.8. The van der Waals surface area contributed by atoms with Crippen molar-refractivity contribution >= 4 is 39.6 Å². The molecule has 0 heterocycles. The molecule has 0 radical (unpaired) electrons. The topological polar surface area (TPSA) is 79.6 Å². The molecule has 1 amide bonds. The van der Waals surface area contributed by atoms with E-state index in [4.69, 9.17) is 14.7 Å². The summed E-state index contributed by atoms with van der Waals surface area (Å²) in [6.07, 6.45) is 2.44. The number of ether oxygens (including phenoxy) is 2. The molecular weight excluding hydrogens is 455 g/mol. The lowest BCUT2D eigenvalue weighted by atomic mass is 10.2. The summed E-state index contributed by atoms with van der Waals surface area (Å²) in [7, 11) is 0. The smallest absolute Gasteiger partial charge is 0.331 e. The lowest BCUT2D eigenvalue weighted by molar-refractivity contribution is -0.142. The van der Waals surface area contributed by atoms with Gasteiger partial charge in [-0.15, -0.1) is 0 Å². The SMILES string of the molecule is CCOc1ccc(N(CCC#N)C(=O)COC(=O)/C=C/c2cc(Br)ccc2F)cc1. The number of carbonyl (C=O) groups is 2. The van der Waals surface area contributed by atoms with E-state index in [1.165, 1.54) is 23.1 Å². The van der Waals surface area contributed by atoms with E-state index in [9.17, 15) is 14.0 Å². The fourth-order valence-corrected chi connectivity index (χ4v) is 2.89. The molecular formula is C22H20BrFN2O4. The van der Waals surface area contributed by atoms with Crippen LogP contribution in [0.15, 0.2) is 53.0 Å². The first-order valence-electron chi connectivity index (χ1n) is 9.14. The van der Waals surface area contributed by atoms with Crippen LogP contribution in [0.4, 0.5) is 10.1 Å². The van der Waals surface area contributed by atoms with Crippen LogP contribution in [0.5, 0.6) is 5.75 Å². The molecule has 0 saturated carbocycles. The summed E-state index contributed by atoms with van der Waals surface area (Å²) < 4.78 is 24.7. The molecule has 0 saturated heterocycles. The Morgan fingerprint density at radius 2 is 1.97 bits per heavy atom. The van der Waals surface area contributed by atoms with Crippen molar-refractivity contribution in [2.45, 2.75) is 13.3 Å². The van der Waals surface area contributed by atoms with Crippen LogP contribution in [0.1, 0.15) is 18.9 Å². The highest BCUT2D eigenvalue weighted by Gasteiger charge is 2.17. The van der Waals surface area contributed by atoms with Gasteiger partial charge in [-0.1, -0.05) is 15.9 Å². The average Bonchev–Trinajstić information content (AvgIpc) is 2.74. The van der Waals surface area contributed by atoms with Crippen LogP contribution < -0.4 is 9.64 Å². The van der Waals surface area contributed by atoms with Gasteiger partial charge in [0.25, 0.3) is 5.91 Å². The Hall–Kier alpha value is -3.18. The maximum absolute atomic E-state index is 13.7. The van der Waals surface area contributed by atoms with Gasteiger partial charge < -0.3 is 14.4 Å². The molecule has 2 rings (SSSR count). The summed E-state index contributed by atoms with van der Waals surface area (Å²) >= 11 is 3.23. The lowest BCUT2D eigenvalue weighted by Crippen LogP contribution is -2.35. The number of hydrogen-bond donors (Lipinski definition) is 0. The number of benzene rings is 2. The normalized spacial score (nSPS) is 10.5. The van der Waals surface area contributed by atoms with Crippen LogP contribution in [0.3, 0.4) is 0 Å². The summed E-state index contributed by atoms with van der Waals surface area (Å²) in [6.45, 7) is 2.02. The number of carbonyl (C=O) groups excluding carboxylic acids is 2.